The van der Waals surface area contributed by atoms with Crippen molar-refractivity contribution in [1.29, 1.82) is 0 Å². The Bertz CT molecular complexity index is 1180. The lowest BCUT2D eigenvalue weighted by molar-refractivity contribution is -0.151. The second-order valence-corrected chi connectivity index (χ2v) is 10.6. The summed E-state index contributed by atoms with van der Waals surface area (Å²) in [7, 11) is -1.23. The molecule has 1 aliphatic rings. The van der Waals surface area contributed by atoms with Gasteiger partial charge in [-0.25, -0.2) is 8.42 Å². The van der Waals surface area contributed by atoms with Gasteiger partial charge in [0.1, 0.15) is 6.54 Å². The minimum absolute atomic E-state index is 0.0203. The fourth-order valence-electron chi connectivity index (χ4n) is 4.36. The fourth-order valence-corrected chi connectivity index (χ4v) is 5.78. The number of carbonyl (C=O) groups is 2. The molecule has 0 atom stereocenters. The second-order valence-electron chi connectivity index (χ2n) is 8.78. The number of benzene rings is 2. The zero-order chi connectivity index (χ0) is 26.5. The van der Waals surface area contributed by atoms with Crippen LogP contribution in [0.1, 0.15) is 30.9 Å². The molecule has 3 rings (SSSR count). The lowest BCUT2D eigenvalue weighted by atomic mass is 9.97. The van der Waals surface area contributed by atoms with Gasteiger partial charge in [-0.15, -0.1) is 0 Å². The van der Waals surface area contributed by atoms with Crippen LogP contribution in [0.15, 0.2) is 41.3 Å². The van der Waals surface area contributed by atoms with Crippen molar-refractivity contribution in [1.82, 2.24) is 4.90 Å². The van der Waals surface area contributed by atoms with Crippen molar-refractivity contribution < 1.29 is 32.2 Å². The van der Waals surface area contributed by atoms with Crippen molar-refractivity contribution in [2.45, 2.75) is 38.5 Å². The minimum Gasteiger partial charge on any atom is -0.493 e. The van der Waals surface area contributed by atoms with E-state index < -0.39 is 10.0 Å². The molecule has 0 aromatic heterocycles. The Hall–Kier alpha value is -3.27. The Morgan fingerprint density at radius 2 is 1.58 bits per heavy atom. The van der Waals surface area contributed by atoms with E-state index in [1.165, 1.54) is 32.4 Å². The average Bonchev–Trinajstić information content (AvgIpc) is 2.86. The van der Waals surface area contributed by atoms with Crippen molar-refractivity contribution in [2.24, 2.45) is 5.92 Å². The van der Waals surface area contributed by atoms with Crippen molar-refractivity contribution in [2.75, 3.05) is 44.8 Å². The van der Waals surface area contributed by atoms with E-state index in [1.807, 2.05) is 19.9 Å². The lowest BCUT2D eigenvalue weighted by Crippen LogP contribution is -2.46. The van der Waals surface area contributed by atoms with Gasteiger partial charge < -0.3 is 19.1 Å². The summed E-state index contributed by atoms with van der Waals surface area (Å²) in [5.74, 6) is -0.167. The van der Waals surface area contributed by atoms with Crippen LogP contribution in [0.3, 0.4) is 0 Å². The lowest BCUT2D eigenvalue weighted by Gasteiger charge is -2.33. The summed E-state index contributed by atoms with van der Waals surface area (Å²) in [6.07, 6.45) is 0.965. The summed E-state index contributed by atoms with van der Waals surface area (Å²) in [6.45, 7) is 6.18. The van der Waals surface area contributed by atoms with Gasteiger partial charge in [-0.1, -0.05) is 6.07 Å². The Morgan fingerprint density at radius 1 is 0.972 bits per heavy atom. The summed E-state index contributed by atoms with van der Waals surface area (Å²) in [5, 5.41) is 0. The van der Waals surface area contributed by atoms with Crippen LogP contribution in [0, 0.1) is 19.8 Å². The number of rotatable bonds is 9. The van der Waals surface area contributed by atoms with Crippen LogP contribution in [-0.2, 0) is 24.3 Å². The van der Waals surface area contributed by atoms with Crippen LogP contribution in [0.25, 0.3) is 0 Å². The molecule has 36 heavy (non-hydrogen) atoms. The van der Waals surface area contributed by atoms with Gasteiger partial charge in [-0.3, -0.25) is 13.9 Å². The standard InChI is InChI=1S/C26H34N2O7S/c1-6-35-26(30)20-9-11-27(12-10-20)25(29)17-28(21-14-18(2)13-19(3)15-21)36(31,32)22-7-8-23(33-4)24(16-22)34-5/h7-8,13-16,20H,6,9-12,17H2,1-5H3. The normalized spacial score (nSPS) is 14.3. The number of ether oxygens (including phenoxy) is 3. The Balaban J connectivity index is 1.91. The van der Waals surface area contributed by atoms with E-state index in [2.05, 4.69) is 0 Å². The van der Waals surface area contributed by atoms with E-state index in [0.717, 1.165) is 15.4 Å². The highest BCUT2D eigenvalue weighted by Gasteiger charge is 2.33. The number of likely N-dealkylation sites (tertiary alicyclic amines) is 1. The molecule has 0 saturated carbocycles. The highest BCUT2D eigenvalue weighted by molar-refractivity contribution is 7.92. The summed E-state index contributed by atoms with van der Waals surface area (Å²) in [4.78, 5) is 27.0. The van der Waals surface area contributed by atoms with Crippen LogP contribution in [0.2, 0.25) is 0 Å². The maximum absolute atomic E-state index is 13.9. The molecule has 0 bridgehead atoms. The molecule has 0 aliphatic carbocycles. The van der Waals surface area contributed by atoms with Crippen molar-refractivity contribution in [3.8, 4) is 11.5 Å². The number of piperidine rings is 1. The van der Waals surface area contributed by atoms with Gasteiger partial charge in [0.2, 0.25) is 5.91 Å². The van der Waals surface area contributed by atoms with E-state index in [-0.39, 0.29) is 35.0 Å². The zero-order valence-corrected chi connectivity index (χ0v) is 22.3. The number of aryl methyl sites for hydroxylation is 2. The molecule has 1 aliphatic heterocycles. The molecule has 0 spiro atoms. The van der Waals surface area contributed by atoms with E-state index >= 15 is 0 Å². The smallest absolute Gasteiger partial charge is 0.309 e. The molecule has 196 valence electrons. The number of methoxy groups -OCH3 is 2. The quantitative estimate of drug-likeness (QED) is 0.469. The maximum atomic E-state index is 13.9. The molecule has 2 aromatic carbocycles. The third-order valence-corrected chi connectivity index (χ3v) is 7.95. The molecule has 10 heteroatoms. The van der Waals surface area contributed by atoms with E-state index in [4.69, 9.17) is 14.2 Å². The number of esters is 1. The molecule has 1 fully saturated rings. The van der Waals surface area contributed by atoms with Crippen LogP contribution in [0.5, 0.6) is 11.5 Å². The molecular weight excluding hydrogens is 484 g/mol. The molecule has 0 N–H and O–H groups in total. The van der Waals surface area contributed by atoms with Gasteiger partial charge in [-0.2, -0.15) is 0 Å². The van der Waals surface area contributed by atoms with E-state index in [9.17, 15) is 18.0 Å². The van der Waals surface area contributed by atoms with Gasteiger partial charge in [0.15, 0.2) is 11.5 Å². The first-order valence-corrected chi connectivity index (χ1v) is 13.3. The maximum Gasteiger partial charge on any atom is 0.309 e. The van der Waals surface area contributed by atoms with Gasteiger partial charge in [0, 0.05) is 19.2 Å². The molecule has 1 amide bonds. The Morgan fingerprint density at radius 3 is 2.14 bits per heavy atom. The van der Waals surface area contributed by atoms with Gasteiger partial charge in [0.05, 0.1) is 37.3 Å². The first-order chi connectivity index (χ1) is 17.1. The highest BCUT2D eigenvalue weighted by atomic mass is 32.2. The number of carbonyl (C=O) groups excluding carboxylic acids is 2. The van der Waals surface area contributed by atoms with Crippen LogP contribution in [-0.4, -0.2) is 65.7 Å². The Labute approximate surface area is 213 Å². The molecule has 9 nitrogen and oxygen atoms in total. The second kappa shape index (κ2) is 11.6. The summed E-state index contributed by atoms with van der Waals surface area (Å²) >= 11 is 0. The topological polar surface area (TPSA) is 102 Å². The number of anilines is 1. The summed E-state index contributed by atoms with van der Waals surface area (Å²) in [5.41, 5.74) is 2.15. The monoisotopic (exact) mass is 518 g/mol. The largest absolute Gasteiger partial charge is 0.493 e. The molecule has 1 saturated heterocycles. The highest BCUT2D eigenvalue weighted by Crippen LogP contribution is 2.33. The fraction of sp³-hybridized carbons (Fsp3) is 0.462. The third-order valence-electron chi connectivity index (χ3n) is 6.18. The van der Waals surface area contributed by atoms with Gasteiger partial charge in [0.25, 0.3) is 10.0 Å². The first kappa shape index (κ1) is 27.3. The third kappa shape index (κ3) is 6.10. The van der Waals surface area contributed by atoms with Crippen LogP contribution in [0.4, 0.5) is 5.69 Å². The van der Waals surface area contributed by atoms with Gasteiger partial charge >= 0.3 is 5.97 Å². The van der Waals surface area contributed by atoms with Crippen LogP contribution >= 0.6 is 0 Å². The average molecular weight is 519 g/mol. The number of amides is 1. The van der Waals surface area contributed by atoms with Crippen molar-refractivity contribution in [3.63, 3.8) is 0 Å². The van der Waals surface area contributed by atoms with E-state index in [0.29, 0.717) is 44.0 Å². The summed E-state index contributed by atoms with van der Waals surface area (Å²) in [6, 6.07) is 9.76. The molecular formula is C26H34N2O7S. The summed E-state index contributed by atoms with van der Waals surface area (Å²) < 4.78 is 44.5. The number of hydrogen-bond donors (Lipinski definition) is 0. The van der Waals surface area contributed by atoms with Crippen molar-refractivity contribution >= 4 is 27.6 Å². The predicted molar refractivity (Wildman–Crippen MR) is 136 cm³/mol. The van der Waals surface area contributed by atoms with Gasteiger partial charge in [-0.05, 0) is 69.0 Å². The number of sulfonamides is 1. The number of hydrogen-bond acceptors (Lipinski definition) is 7. The van der Waals surface area contributed by atoms with Crippen LogP contribution < -0.4 is 13.8 Å². The molecule has 2 aromatic rings. The SMILES string of the molecule is CCOC(=O)C1CCN(C(=O)CN(c2cc(C)cc(C)c2)S(=O)(=O)c2ccc(OC)c(OC)c2)CC1. The number of nitrogens with zero attached hydrogens (tertiary/aromatic N) is 2. The minimum atomic E-state index is -4.13. The molecule has 0 unspecified atom stereocenters. The Kier molecular flexibility index (Phi) is 8.84. The van der Waals surface area contributed by atoms with Crippen molar-refractivity contribution in [3.05, 3.63) is 47.5 Å². The molecule has 0 radical (unpaired) electrons. The first-order valence-electron chi connectivity index (χ1n) is 11.9. The molecule has 1 heterocycles. The van der Waals surface area contributed by atoms with E-state index in [1.54, 1.807) is 24.0 Å². The zero-order valence-electron chi connectivity index (χ0n) is 21.4. The predicted octanol–water partition coefficient (Wildman–Crippen LogP) is 3.32.